The zero-order valence-corrected chi connectivity index (χ0v) is 24.8. The minimum atomic E-state index is -3.06. The predicted octanol–water partition coefficient (Wildman–Crippen LogP) is 7.62. The summed E-state index contributed by atoms with van der Waals surface area (Å²) in [5, 5.41) is 3.29. The summed E-state index contributed by atoms with van der Waals surface area (Å²) < 4.78 is 29.7. The molecule has 4 atom stereocenters. The molecule has 1 aromatic heterocycles. The van der Waals surface area contributed by atoms with E-state index in [0.29, 0.717) is 25.0 Å². The Morgan fingerprint density at radius 1 is 1.27 bits per heavy atom. The summed E-state index contributed by atoms with van der Waals surface area (Å²) in [5.41, 5.74) is 4.25. The first kappa shape index (κ1) is 31.5. The summed E-state index contributed by atoms with van der Waals surface area (Å²) in [7, 11) is 0. The fourth-order valence-corrected chi connectivity index (χ4v) is 5.84. The van der Waals surface area contributed by atoms with Gasteiger partial charge >= 0.3 is 0 Å². The van der Waals surface area contributed by atoms with Gasteiger partial charge in [-0.3, -0.25) is 14.6 Å². The van der Waals surface area contributed by atoms with Gasteiger partial charge in [0.2, 0.25) is 0 Å². The number of alkyl halides is 2. The number of hydrogen-bond donors (Lipinski definition) is 1. The zero-order chi connectivity index (χ0) is 29.4. The summed E-state index contributed by atoms with van der Waals surface area (Å²) in [6, 6.07) is 3.90. The monoisotopic (exact) mass is 550 g/mol. The van der Waals surface area contributed by atoms with E-state index in [1.807, 2.05) is 39.0 Å². The SMILES string of the molecule is CCCC(C/C=C(\C)c1ncccc1C)C(=O)C1C(=O)/C=C/C(C2=CCCNC2)/C=C(/C(C)(F)F)C(C)=CC1C. The molecular weight excluding hydrogens is 506 g/mol. The second-order valence-corrected chi connectivity index (χ2v) is 11.4. The Hall–Kier alpha value is -2.99. The van der Waals surface area contributed by atoms with Crippen LogP contribution in [0.5, 0.6) is 0 Å². The van der Waals surface area contributed by atoms with Crippen molar-refractivity contribution in [2.24, 2.45) is 23.7 Å². The van der Waals surface area contributed by atoms with Crippen molar-refractivity contribution in [3.05, 3.63) is 82.8 Å². The van der Waals surface area contributed by atoms with Crippen molar-refractivity contribution in [1.82, 2.24) is 10.3 Å². The maximum atomic E-state index is 14.9. The number of rotatable bonds is 9. The standard InChI is InChI=1S/C34H44F2N2O2/c1-7-10-26(14-13-23(3)32-22(2)11-8-18-38-32)33(40)31-25(5)19-24(4)29(34(6,35)36)20-27(15-16-30(31)39)28-12-9-17-37-21-28/h8,11-13,15-16,18-20,25-27,31,37H,7,9-10,14,17,21H2,1-6H3/b16-15+,23-13+,24-19?,29-20+. The van der Waals surface area contributed by atoms with Gasteiger partial charge in [-0.15, -0.1) is 0 Å². The third-order valence-electron chi connectivity index (χ3n) is 7.98. The number of carbonyl (C=O) groups is 2. The van der Waals surface area contributed by atoms with Crippen LogP contribution in [0.4, 0.5) is 8.78 Å². The quantitative estimate of drug-likeness (QED) is 0.254. The molecule has 1 aromatic rings. The van der Waals surface area contributed by atoms with Crippen LogP contribution in [0, 0.1) is 30.6 Å². The Kier molecular flexibility index (Phi) is 11.1. The summed E-state index contributed by atoms with van der Waals surface area (Å²) in [5.74, 6) is -5.72. The van der Waals surface area contributed by atoms with Gasteiger partial charge in [0.1, 0.15) is 5.78 Å². The average molecular weight is 551 g/mol. The molecule has 1 N–H and O–H groups in total. The van der Waals surface area contributed by atoms with E-state index >= 15 is 0 Å². The molecular formula is C34H44F2N2O2. The molecule has 1 aliphatic carbocycles. The zero-order valence-electron chi connectivity index (χ0n) is 24.8. The minimum absolute atomic E-state index is 0.0598. The molecule has 0 aromatic carbocycles. The van der Waals surface area contributed by atoms with E-state index in [-0.39, 0.29) is 23.1 Å². The van der Waals surface area contributed by atoms with Crippen LogP contribution >= 0.6 is 0 Å². The van der Waals surface area contributed by atoms with E-state index in [4.69, 9.17) is 0 Å². The van der Waals surface area contributed by atoms with Crippen molar-refractivity contribution >= 4 is 17.1 Å². The topological polar surface area (TPSA) is 59.1 Å². The third kappa shape index (κ3) is 8.03. The lowest BCUT2D eigenvalue weighted by molar-refractivity contribution is -0.134. The fraction of sp³-hybridized carbons (Fsp3) is 0.500. The molecule has 1 aliphatic heterocycles. The smallest absolute Gasteiger partial charge is 0.270 e. The van der Waals surface area contributed by atoms with Crippen LogP contribution < -0.4 is 5.32 Å². The lowest BCUT2D eigenvalue weighted by atomic mass is 9.76. The van der Waals surface area contributed by atoms with Gasteiger partial charge in [0, 0.05) is 37.1 Å². The first-order valence-electron chi connectivity index (χ1n) is 14.5. The average Bonchev–Trinajstić information content (AvgIpc) is 2.90. The largest absolute Gasteiger partial charge is 0.313 e. The number of hydrogen-bond acceptors (Lipinski definition) is 4. The van der Waals surface area contributed by atoms with Crippen LogP contribution in [0.1, 0.15) is 71.6 Å². The molecule has 216 valence electrons. The Morgan fingerprint density at radius 3 is 2.65 bits per heavy atom. The van der Waals surface area contributed by atoms with Gasteiger partial charge in [0.25, 0.3) is 5.92 Å². The van der Waals surface area contributed by atoms with Crippen LogP contribution in [0.2, 0.25) is 0 Å². The van der Waals surface area contributed by atoms with E-state index in [1.54, 1.807) is 38.3 Å². The van der Waals surface area contributed by atoms with Crippen molar-refractivity contribution in [2.45, 2.75) is 73.1 Å². The molecule has 0 saturated heterocycles. The molecule has 3 rings (SSSR count). The number of halogens is 2. The molecule has 6 heteroatoms. The third-order valence-corrected chi connectivity index (χ3v) is 7.98. The van der Waals surface area contributed by atoms with E-state index < -0.39 is 23.7 Å². The van der Waals surface area contributed by atoms with Gasteiger partial charge in [0.05, 0.1) is 11.6 Å². The van der Waals surface area contributed by atoms with Gasteiger partial charge < -0.3 is 5.32 Å². The molecule has 0 spiro atoms. The van der Waals surface area contributed by atoms with Crippen LogP contribution in [-0.4, -0.2) is 35.6 Å². The van der Waals surface area contributed by atoms with Crippen LogP contribution in [0.3, 0.4) is 0 Å². The molecule has 2 aliphatic rings. The highest BCUT2D eigenvalue weighted by Gasteiger charge is 2.36. The lowest BCUT2D eigenvalue weighted by Gasteiger charge is -2.27. The summed E-state index contributed by atoms with van der Waals surface area (Å²) in [6.07, 6.45) is 15.0. The fourth-order valence-electron chi connectivity index (χ4n) is 5.84. The van der Waals surface area contributed by atoms with Gasteiger partial charge in [-0.1, -0.05) is 56.7 Å². The maximum Gasteiger partial charge on any atom is 0.270 e. The van der Waals surface area contributed by atoms with Crippen LogP contribution in [0.25, 0.3) is 5.57 Å². The number of nitrogens with zero attached hydrogens (tertiary/aromatic N) is 1. The molecule has 0 bridgehead atoms. The normalized spacial score (nSPS) is 25.8. The number of Topliss-reactive ketones (excluding diaryl/α,β-unsaturated/α-hetero) is 1. The first-order chi connectivity index (χ1) is 18.9. The highest BCUT2D eigenvalue weighted by atomic mass is 19.3. The Morgan fingerprint density at radius 2 is 2.02 bits per heavy atom. The number of allylic oxidation sites excluding steroid dienone is 8. The highest BCUT2D eigenvalue weighted by Crippen LogP contribution is 2.36. The second-order valence-electron chi connectivity index (χ2n) is 11.4. The van der Waals surface area contributed by atoms with Crippen molar-refractivity contribution in [2.75, 3.05) is 13.1 Å². The van der Waals surface area contributed by atoms with Crippen molar-refractivity contribution in [3.63, 3.8) is 0 Å². The molecule has 0 radical (unpaired) electrons. The van der Waals surface area contributed by atoms with Gasteiger partial charge in [-0.25, -0.2) is 8.78 Å². The van der Waals surface area contributed by atoms with Crippen molar-refractivity contribution in [1.29, 1.82) is 0 Å². The molecule has 0 amide bonds. The molecule has 2 heterocycles. The number of carbonyl (C=O) groups excluding carboxylic acids is 2. The molecule has 0 saturated carbocycles. The predicted molar refractivity (Wildman–Crippen MR) is 159 cm³/mol. The van der Waals surface area contributed by atoms with E-state index in [0.717, 1.165) is 48.7 Å². The van der Waals surface area contributed by atoms with Crippen LogP contribution in [-0.2, 0) is 9.59 Å². The number of nitrogens with one attached hydrogen (secondary N) is 1. The second kappa shape index (κ2) is 14.1. The van der Waals surface area contributed by atoms with Crippen LogP contribution in [0.15, 0.2) is 71.5 Å². The summed E-state index contributed by atoms with van der Waals surface area (Å²) in [6.45, 7) is 11.8. The Bertz CT molecular complexity index is 1230. The maximum absolute atomic E-state index is 14.9. The first-order valence-corrected chi connectivity index (χ1v) is 14.5. The van der Waals surface area contributed by atoms with Crippen molar-refractivity contribution in [3.8, 4) is 0 Å². The molecule has 4 nitrogen and oxygen atoms in total. The van der Waals surface area contributed by atoms with E-state index in [9.17, 15) is 18.4 Å². The van der Waals surface area contributed by atoms with Gasteiger partial charge in [-0.2, -0.15) is 0 Å². The van der Waals surface area contributed by atoms with E-state index in [1.165, 1.54) is 6.08 Å². The minimum Gasteiger partial charge on any atom is -0.313 e. The van der Waals surface area contributed by atoms with Gasteiger partial charge in [-0.05, 0) is 86.9 Å². The number of aryl methyl sites for hydroxylation is 1. The number of pyridine rings is 1. The highest BCUT2D eigenvalue weighted by molar-refractivity contribution is 6.08. The van der Waals surface area contributed by atoms with E-state index in [2.05, 4.69) is 16.4 Å². The Balaban J connectivity index is 2.00. The van der Waals surface area contributed by atoms with Gasteiger partial charge in [0.15, 0.2) is 5.78 Å². The lowest BCUT2D eigenvalue weighted by Crippen LogP contribution is -2.34. The molecule has 4 unspecified atom stereocenters. The Labute approximate surface area is 238 Å². The summed E-state index contributed by atoms with van der Waals surface area (Å²) in [4.78, 5) is 32.2. The molecule has 40 heavy (non-hydrogen) atoms. The summed E-state index contributed by atoms with van der Waals surface area (Å²) >= 11 is 0. The molecule has 0 fully saturated rings. The van der Waals surface area contributed by atoms with Crippen molar-refractivity contribution < 1.29 is 18.4 Å². The number of ketones is 2. The number of aromatic nitrogens is 1.